The number of nitrogens with one attached hydrogen (secondary N) is 1. The van der Waals surface area contributed by atoms with Gasteiger partial charge in [0.1, 0.15) is 17.9 Å². The summed E-state index contributed by atoms with van der Waals surface area (Å²) >= 11 is 0. The van der Waals surface area contributed by atoms with E-state index in [-0.39, 0.29) is 0 Å². The Morgan fingerprint density at radius 3 is 2.76 bits per heavy atom. The molecule has 1 N–H and O–H groups in total. The Bertz CT molecular complexity index is 317. The lowest BCUT2D eigenvalue weighted by Crippen LogP contribution is -2.41. The number of alkyl carbamates (subject to hydrolysis) is 1. The third kappa shape index (κ3) is 4.89. The molecule has 1 aliphatic rings. The summed E-state index contributed by atoms with van der Waals surface area (Å²) < 4.78 is 10.2. The molecule has 1 atom stereocenters. The van der Waals surface area contributed by atoms with Crippen LogP contribution in [0.4, 0.5) is 4.79 Å². The van der Waals surface area contributed by atoms with Crippen molar-refractivity contribution in [2.45, 2.75) is 45.3 Å². The van der Waals surface area contributed by atoms with Crippen LogP contribution in [0.15, 0.2) is 11.8 Å². The van der Waals surface area contributed by atoms with E-state index in [9.17, 15) is 9.59 Å². The highest BCUT2D eigenvalue weighted by atomic mass is 16.6. The SMILES string of the molecule is CC(C)(C)OC(=O)NC(C=O)C1=COCCC1. The molecule has 0 aromatic carbocycles. The monoisotopic (exact) mass is 241 g/mol. The third-order valence-corrected chi connectivity index (χ3v) is 2.17. The fourth-order valence-corrected chi connectivity index (χ4v) is 1.46. The van der Waals surface area contributed by atoms with Crippen molar-refractivity contribution in [1.29, 1.82) is 0 Å². The van der Waals surface area contributed by atoms with Crippen molar-refractivity contribution >= 4 is 12.4 Å². The fourth-order valence-electron chi connectivity index (χ4n) is 1.46. The molecular weight excluding hydrogens is 222 g/mol. The average Bonchev–Trinajstić information content (AvgIpc) is 2.24. The molecule has 5 nitrogen and oxygen atoms in total. The van der Waals surface area contributed by atoms with Crippen LogP contribution < -0.4 is 5.32 Å². The molecule has 0 saturated heterocycles. The molecule has 1 unspecified atom stereocenters. The molecule has 0 aromatic heterocycles. The third-order valence-electron chi connectivity index (χ3n) is 2.17. The Hall–Kier alpha value is -1.52. The number of aldehydes is 1. The predicted octanol–water partition coefficient (Wildman–Crippen LogP) is 1.77. The number of carbonyl (C=O) groups excluding carboxylic acids is 2. The van der Waals surface area contributed by atoms with E-state index in [1.165, 1.54) is 0 Å². The molecule has 1 rings (SSSR count). The van der Waals surface area contributed by atoms with Crippen molar-refractivity contribution < 1.29 is 19.1 Å². The van der Waals surface area contributed by atoms with Crippen LogP contribution in [0.5, 0.6) is 0 Å². The van der Waals surface area contributed by atoms with Gasteiger partial charge in [0, 0.05) is 0 Å². The molecular formula is C12H19NO4. The van der Waals surface area contributed by atoms with E-state index in [4.69, 9.17) is 9.47 Å². The second-order valence-corrected chi connectivity index (χ2v) is 4.93. The summed E-state index contributed by atoms with van der Waals surface area (Å²) in [4.78, 5) is 22.4. The number of hydrogen-bond acceptors (Lipinski definition) is 4. The quantitative estimate of drug-likeness (QED) is 0.765. The van der Waals surface area contributed by atoms with Crippen LogP contribution in [0.1, 0.15) is 33.6 Å². The first-order valence-electron chi connectivity index (χ1n) is 5.68. The van der Waals surface area contributed by atoms with Gasteiger partial charge in [-0.25, -0.2) is 4.79 Å². The van der Waals surface area contributed by atoms with Crippen LogP contribution in [0.25, 0.3) is 0 Å². The van der Waals surface area contributed by atoms with E-state index in [1.54, 1.807) is 27.0 Å². The molecule has 1 amide bonds. The van der Waals surface area contributed by atoms with Gasteiger partial charge < -0.3 is 19.6 Å². The van der Waals surface area contributed by atoms with Crippen molar-refractivity contribution in [3.63, 3.8) is 0 Å². The highest BCUT2D eigenvalue weighted by molar-refractivity contribution is 5.75. The van der Waals surface area contributed by atoms with Crippen LogP contribution in [-0.4, -0.2) is 30.6 Å². The molecule has 0 spiro atoms. The summed E-state index contributed by atoms with van der Waals surface area (Å²) in [7, 11) is 0. The van der Waals surface area contributed by atoms with Gasteiger partial charge in [0.2, 0.25) is 0 Å². The van der Waals surface area contributed by atoms with Crippen molar-refractivity contribution in [2.24, 2.45) is 0 Å². The Morgan fingerprint density at radius 2 is 2.29 bits per heavy atom. The molecule has 0 fully saturated rings. The van der Waals surface area contributed by atoms with Crippen molar-refractivity contribution in [1.82, 2.24) is 5.32 Å². The van der Waals surface area contributed by atoms with Gasteiger partial charge in [-0.2, -0.15) is 0 Å². The van der Waals surface area contributed by atoms with Gasteiger partial charge >= 0.3 is 6.09 Å². The summed E-state index contributed by atoms with van der Waals surface area (Å²) in [6.07, 6.45) is 3.23. The zero-order valence-electron chi connectivity index (χ0n) is 10.5. The molecule has 5 heteroatoms. The maximum Gasteiger partial charge on any atom is 0.408 e. The van der Waals surface area contributed by atoms with Gasteiger partial charge in [-0.3, -0.25) is 0 Å². The van der Waals surface area contributed by atoms with Crippen LogP contribution in [0.2, 0.25) is 0 Å². The summed E-state index contributed by atoms with van der Waals surface area (Å²) in [5.41, 5.74) is 0.201. The van der Waals surface area contributed by atoms with Gasteiger partial charge in [-0.05, 0) is 39.2 Å². The molecule has 0 aliphatic carbocycles. The largest absolute Gasteiger partial charge is 0.501 e. The first-order chi connectivity index (χ1) is 7.92. The molecule has 0 aromatic rings. The normalized spacial score (nSPS) is 17.5. The smallest absolute Gasteiger partial charge is 0.408 e. The summed E-state index contributed by atoms with van der Waals surface area (Å²) in [6.45, 7) is 5.96. The molecule has 17 heavy (non-hydrogen) atoms. The Kier molecular flexibility index (Phi) is 4.54. The van der Waals surface area contributed by atoms with Gasteiger partial charge in [-0.15, -0.1) is 0 Å². The minimum Gasteiger partial charge on any atom is -0.501 e. The lowest BCUT2D eigenvalue weighted by atomic mass is 10.0. The molecule has 0 bridgehead atoms. The maximum absolute atomic E-state index is 11.5. The van der Waals surface area contributed by atoms with Gasteiger partial charge in [-0.1, -0.05) is 0 Å². The van der Waals surface area contributed by atoms with Crippen LogP contribution in [-0.2, 0) is 14.3 Å². The molecule has 1 aliphatic heterocycles. The minimum atomic E-state index is -0.662. The topological polar surface area (TPSA) is 64.6 Å². The van der Waals surface area contributed by atoms with Gasteiger partial charge in [0.05, 0.1) is 12.9 Å². The summed E-state index contributed by atoms with van der Waals surface area (Å²) in [5.74, 6) is 0. The maximum atomic E-state index is 11.5. The lowest BCUT2D eigenvalue weighted by Gasteiger charge is -2.23. The fraction of sp³-hybridized carbons (Fsp3) is 0.667. The highest BCUT2D eigenvalue weighted by Gasteiger charge is 2.22. The van der Waals surface area contributed by atoms with E-state index < -0.39 is 17.7 Å². The second kappa shape index (κ2) is 5.70. The van der Waals surface area contributed by atoms with E-state index in [0.717, 1.165) is 18.4 Å². The van der Waals surface area contributed by atoms with Crippen LogP contribution >= 0.6 is 0 Å². The Balaban J connectivity index is 2.55. The lowest BCUT2D eigenvalue weighted by molar-refractivity contribution is -0.109. The van der Waals surface area contributed by atoms with E-state index in [0.29, 0.717) is 12.9 Å². The summed E-state index contributed by atoms with van der Waals surface area (Å²) in [5, 5.41) is 2.52. The van der Waals surface area contributed by atoms with Crippen molar-refractivity contribution in [2.75, 3.05) is 6.61 Å². The minimum absolute atomic E-state index is 0.574. The van der Waals surface area contributed by atoms with Gasteiger partial charge in [0.25, 0.3) is 0 Å². The number of amides is 1. The zero-order chi connectivity index (χ0) is 12.9. The van der Waals surface area contributed by atoms with Crippen molar-refractivity contribution in [3.8, 4) is 0 Å². The van der Waals surface area contributed by atoms with E-state index in [2.05, 4.69) is 5.32 Å². The number of rotatable bonds is 3. The number of ether oxygens (including phenoxy) is 2. The van der Waals surface area contributed by atoms with E-state index >= 15 is 0 Å². The molecule has 0 saturated carbocycles. The second-order valence-electron chi connectivity index (χ2n) is 4.93. The number of hydrogen-bond donors (Lipinski definition) is 1. The van der Waals surface area contributed by atoms with Crippen LogP contribution in [0, 0.1) is 0 Å². The summed E-state index contributed by atoms with van der Waals surface area (Å²) in [6, 6.07) is -0.662. The van der Waals surface area contributed by atoms with Gasteiger partial charge in [0.15, 0.2) is 0 Å². The Morgan fingerprint density at radius 1 is 1.59 bits per heavy atom. The van der Waals surface area contributed by atoms with Crippen LogP contribution in [0.3, 0.4) is 0 Å². The molecule has 1 heterocycles. The van der Waals surface area contributed by atoms with E-state index in [1.807, 2.05) is 0 Å². The average molecular weight is 241 g/mol. The zero-order valence-corrected chi connectivity index (χ0v) is 10.5. The standard InChI is InChI=1S/C12H19NO4/c1-12(2,3)17-11(15)13-10(7-14)9-5-4-6-16-8-9/h7-8,10H,4-6H2,1-3H3,(H,13,15). The first kappa shape index (κ1) is 13.5. The van der Waals surface area contributed by atoms with Crippen molar-refractivity contribution in [3.05, 3.63) is 11.8 Å². The number of carbonyl (C=O) groups is 2. The molecule has 96 valence electrons. The first-order valence-corrected chi connectivity index (χ1v) is 5.68. The predicted molar refractivity (Wildman–Crippen MR) is 62.5 cm³/mol. The Labute approximate surface area is 101 Å². The molecule has 0 radical (unpaired) electrons. The highest BCUT2D eigenvalue weighted by Crippen LogP contribution is 2.15.